The molecule has 2 aromatic carbocycles. The van der Waals surface area contributed by atoms with Crippen LogP contribution in [0.3, 0.4) is 0 Å². The molecule has 6 heteroatoms. The van der Waals surface area contributed by atoms with E-state index < -0.39 is 10.0 Å². The first kappa shape index (κ1) is 14.0. The zero-order chi connectivity index (χ0) is 13.9. The third-order valence-corrected chi connectivity index (χ3v) is 4.54. The normalized spacial score (nSPS) is 11.4. The van der Waals surface area contributed by atoms with Crippen LogP contribution in [0.2, 0.25) is 0 Å². The van der Waals surface area contributed by atoms with E-state index in [1.165, 1.54) is 6.07 Å². The summed E-state index contributed by atoms with van der Waals surface area (Å²) in [5.41, 5.74) is 6.84. The number of benzene rings is 2. The zero-order valence-corrected chi connectivity index (χ0v) is 12.4. The van der Waals surface area contributed by atoms with Crippen molar-refractivity contribution < 1.29 is 8.42 Å². The summed E-state index contributed by atoms with van der Waals surface area (Å²) in [6, 6.07) is 14.0. The first-order valence-corrected chi connectivity index (χ1v) is 7.85. The van der Waals surface area contributed by atoms with Crippen molar-refractivity contribution in [3.63, 3.8) is 0 Å². The third-order valence-electron chi connectivity index (χ3n) is 2.57. The summed E-state index contributed by atoms with van der Waals surface area (Å²) in [6.07, 6.45) is 0. The number of rotatable bonds is 4. The molecular formula is C13H13BrN2O2S. The van der Waals surface area contributed by atoms with Crippen molar-refractivity contribution in [3.8, 4) is 0 Å². The van der Waals surface area contributed by atoms with Crippen molar-refractivity contribution in [1.82, 2.24) is 4.72 Å². The van der Waals surface area contributed by atoms with Crippen LogP contribution >= 0.6 is 15.9 Å². The number of hydrogen-bond donors (Lipinski definition) is 2. The molecule has 2 aromatic rings. The molecule has 0 aliphatic heterocycles. The maximum atomic E-state index is 12.1. The Kier molecular flexibility index (Phi) is 4.24. The van der Waals surface area contributed by atoms with Gasteiger partial charge in [0.1, 0.15) is 4.90 Å². The first-order valence-electron chi connectivity index (χ1n) is 5.58. The van der Waals surface area contributed by atoms with Crippen molar-refractivity contribution >= 4 is 31.6 Å². The van der Waals surface area contributed by atoms with E-state index in [9.17, 15) is 8.42 Å². The van der Waals surface area contributed by atoms with E-state index in [2.05, 4.69) is 20.7 Å². The summed E-state index contributed by atoms with van der Waals surface area (Å²) in [5, 5.41) is 0. The molecule has 19 heavy (non-hydrogen) atoms. The fourth-order valence-corrected chi connectivity index (χ4v) is 3.12. The van der Waals surface area contributed by atoms with E-state index in [4.69, 9.17) is 5.73 Å². The molecule has 2 rings (SSSR count). The number of halogens is 1. The molecule has 0 saturated heterocycles. The highest BCUT2D eigenvalue weighted by Crippen LogP contribution is 2.22. The second-order valence-electron chi connectivity index (χ2n) is 3.99. The fourth-order valence-electron chi connectivity index (χ4n) is 1.62. The number of nitrogen functional groups attached to an aromatic ring is 1. The van der Waals surface area contributed by atoms with Gasteiger partial charge in [-0.15, -0.1) is 0 Å². The Hall–Kier alpha value is -1.37. The van der Waals surface area contributed by atoms with Crippen molar-refractivity contribution in [2.45, 2.75) is 11.4 Å². The maximum Gasteiger partial charge on any atom is 0.242 e. The van der Waals surface area contributed by atoms with Crippen LogP contribution < -0.4 is 10.5 Å². The lowest BCUT2D eigenvalue weighted by Gasteiger charge is -2.09. The highest BCUT2D eigenvalue weighted by Gasteiger charge is 2.16. The topological polar surface area (TPSA) is 72.2 Å². The average Bonchev–Trinajstić information content (AvgIpc) is 2.37. The number of nitrogens with two attached hydrogens (primary N) is 1. The van der Waals surface area contributed by atoms with Gasteiger partial charge in [-0.3, -0.25) is 0 Å². The summed E-state index contributed by atoms with van der Waals surface area (Å²) in [4.78, 5) is 0.0895. The lowest BCUT2D eigenvalue weighted by Crippen LogP contribution is -2.24. The largest absolute Gasteiger partial charge is 0.398 e. The van der Waals surface area contributed by atoms with Gasteiger partial charge in [0, 0.05) is 11.0 Å². The standard InChI is InChI=1S/C13H13BrN2O2S/c14-11-6-7-13(12(15)8-11)19(17,18)16-9-10-4-2-1-3-5-10/h1-8,16H,9,15H2. The van der Waals surface area contributed by atoms with Crippen LogP contribution in [-0.2, 0) is 16.6 Å². The number of hydrogen-bond acceptors (Lipinski definition) is 3. The molecule has 0 spiro atoms. The monoisotopic (exact) mass is 340 g/mol. The molecule has 0 amide bonds. The predicted octanol–water partition coefficient (Wildman–Crippen LogP) is 2.51. The molecule has 0 radical (unpaired) electrons. The lowest BCUT2D eigenvalue weighted by atomic mass is 10.2. The lowest BCUT2D eigenvalue weighted by molar-refractivity contribution is 0.581. The SMILES string of the molecule is Nc1cc(Br)ccc1S(=O)(=O)NCc1ccccc1. The summed E-state index contributed by atoms with van der Waals surface area (Å²) in [5.74, 6) is 0. The fraction of sp³-hybridized carbons (Fsp3) is 0.0769. The highest BCUT2D eigenvalue weighted by molar-refractivity contribution is 9.10. The van der Waals surface area contributed by atoms with E-state index in [1.807, 2.05) is 30.3 Å². The molecule has 0 aliphatic carbocycles. The summed E-state index contributed by atoms with van der Waals surface area (Å²) in [7, 11) is -3.60. The van der Waals surface area contributed by atoms with Gasteiger partial charge in [-0.25, -0.2) is 13.1 Å². The Morgan fingerprint density at radius 1 is 1.11 bits per heavy atom. The molecule has 100 valence electrons. The van der Waals surface area contributed by atoms with Crippen LogP contribution in [0.15, 0.2) is 57.9 Å². The van der Waals surface area contributed by atoms with Crippen molar-refractivity contribution in [3.05, 3.63) is 58.6 Å². The van der Waals surface area contributed by atoms with Crippen LogP contribution in [0.25, 0.3) is 0 Å². The smallest absolute Gasteiger partial charge is 0.242 e. The van der Waals surface area contributed by atoms with Gasteiger partial charge >= 0.3 is 0 Å². The van der Waals surface area contributed by atoms with Gasteiger partial charge in [0.15, 0.2) is 0 Å². The highest BCUT2D eigenvalue weighted by atomic mass is 79.9. The van der Waals surface area contributed by atoms with E-state index in [-0.39, 0.29) is 17.1 Å². The van der Waals surface area contributed by atoms with Gasteiger partial charge in [-0.05, 0) is 23.8 Å². The Labute approximate surface area is 120 Å². The van der Waals surface area contributed by atoms with Gasteiger partial charge in [-0.1, -0.05) is 46.3 Å². The number of sulfonamides is 1. The van der Waals surface area contributed by atoms with E-state index in [0.717, 1.165) is 10.0 Å². The van der Waals surface area contributed by atoms with E-state index in [1.54, 1.807) is 12.1 Å². The molecule has 4 nitrogen and oxygen atoms in total. The van der Waals surface area contributed by atoms with Gasteiger partial charge in [0.05, 0.1) is 5.69 Å². The predicted molar refractivity (Wildman–Crippen MR) is 79.0 cm³/mol. The van der Waals surface area contributed by atoms with Crippen LogP contribution in [0.5, 0.6) is 0 Å². The molecule has 0 aliphatic rings. The third kappa shape index (κ3) is 3.56. The van der Waals surface area contributed by atoms with E-state index >= 15 is 0 Å². The molecule has 0 saturated carbocycles. The van der Waals surface area contributed by atoms with Crippen molar-refractivity contribution in [2.75, 3.05) is 5.73 Å². The van der Waals surface area contributed by atoms with Gasteiger partial charge in [-0.2, -0.15) is 0 Å². The second-order valence-corrected chi connectivity index (χ2v) is 6.64. The van der Waals surface area contributed by atoms with Crippen molar-refractivity contribution in [1.29, 1.82) is 0 Å². The zero-order valence-electron chi connectivity index (χ0n) is 10.0. The van der Waals surface area contributed by atoms with Gasteiger partial charge in [0.25, 0.3) is 0 Å². The summed E-state index contributed by atoms with van der Waals surface area (Å²) >= 11 is 3.24. The minimum atomic E-state index is -3.60. The molecular weight excluding hydrogens is 328 g/mol. The Morgan fingerprint density at radius 3 is 2.42 bits per heavy atom. The van der Waals surface area contributed by atoms with Crippen molar-refractivity contribution in [2.24, 2.45) is 0 Å². The molecule has 0 heterocycles. The van der Waals surface area contributed by atoms with Gasteiger partial charge < -0.3 is 5.73 Å². The molecule has 0 unspecified atom stereocenters. The summed E-state index contributed by atoms with van der Waals surface area (Å²) in [6.45, 7) is 0.235. The molecule has 0 atom stereocenters. The minimum Gasteiger partial charge on any atom is -0.398 e. The maximum absolute atomic E-state index is 12.1. The Bertz CT molecular complexity index is 672. The average molecular weight is 341 g/mol. The second kappa shape index (κ2) is 5.73. The number of anilines is 1. The molecule has 0 fully saturated rings. The number of nitrogens with one attached hydrogen (secondary N) is 1. The van der Waals surface area contributed by atoms with Crippen LogP contribution in [0, 0.1) is 0 Å². The molecule has 3 N–H and O–H groups in total. The van der Waals surface area contributed by atoms with Crippen LogP contribution in [0.1, 0.15) is 5.56 Å². The quantitative estimate of drug-likeness (QED) is 0.840. The van der Waals surface area contributed by atoms with Crippen LogP contribution in [0.4, 0.5) is 5.69 Å². The van der Waals surface area contributed by atoms with E-state index in [0.29, 0.717) is 0 Å². The minimum absolute atomic E-state index is 0.0895. The first-order chi connectivity index (χ1) is 8.99. The van der Waals surface area contributed by atoms with Crippen LogP contribution in [-0.4, -0.2) is 8.42 Å². The van der Waals surface area contributed by atoms with Gasteiger partial charge in [0.2, 0.25) is 10.0 Å². The molecule has 0 aromatic heterocycles. The molecule has 0 bridgehead atoms. The Morgan fingerprint density at radius 2 is 1.79 bits per heavy atom. The Balaban J connectivity index is 2.19. The summed E-state index contributed by atoms with van der Waals surface area (Å²) < 4.78 is 27.5.